The van der Waals surface area contributed by atoms with Gasteiger partial charge in [0.2, 0.25) is 0 Å². The maximum absolute atomic E-state index is 14.5. The van der Waals surface area contributed by atoms with Gasteiger partial charge >= 0.3 is 0 Å². The van der Waals surface area contributed by atoms with E-state index in [-0.39, 0.29) is 0 Å². The molecule has 1 aliphatic heterocycles. The van der Waals surface area contributed by atoms with E-state index in [1.807, 2.05) is 0 Å². The van der Waals surface area contributed by atoms with Crippen molar-refractivity contribution in [3.05, 3.63) is 35.4 Å². The summed E-state index contributed by atoms with van der Waals surface area (Å²) in [6, 6.07) is 8.60. The lowest BCUT2D eigenvalue weighted by Gasteiger charge is -2.30. The Morgan fingerprint density at radius 2 is 2.24 bits per heavy atom. The van der Waals surface area contributed by atoms with Gasteiger partial charge in [0.05, 0.1) is 0 Å². The Bertz CT molecular complexity index is 396. The molecule has 0 aromatic heterocycles. The Balaban J connectivity index is 1.81. The van der Waals surface area contributed by atoms with E-state index in [2.05, 4.69) is 29.6 Å². The predicted octanol–water partition coefficient (Wildman–Crippen LogP) is 3.20. The molecular weight excluding hydrogens is 213 g/mol. The fourth-order valence-electron chi connectivity index (χ4n) is 3.40. The van der Waals surface area contributed by atoms with Crippen LogP contribution in [0.1, 0.15) is 42.7 Å². The summed E-state index contributed by atoms with van der Waals surface area (Å²) in [6.45, 7) is 1.39. The van der Waals surface area contributed by atoms with Gasteiger partial charge in [-0.25, -0.2) is 4.39 Å². The van der Waals surface area contributed by atoms with Crippen molar-refractivity contribution in [1.82, 2.24) is 5.32 Å². The van der Waals surface area contributed by atoms with Crippen LogP contribution in [0.5, 0.6) is 0 Å². The van der Waals surface area contributed by atoms with Gasteiger partial charge in [-0.05, 0) is 55.7 Å². The summed E-state index contributed by atoms with van der Waals surface area (Å²) in [5.41, 5.74) is 1.88. The van der Waals surface area contributed by atoms with Crippen LogP contribution >= 0.6 is 0 Å². The molecular formula is C15H20FN. The lowest BCUT2D eigenvalue weighted by Crippen LogP contribution is -2.29. The first-order chi connectivity index (χ1) is 8.27. The average Bonchev–Trinajstić information content (AvgIpc) is 2.76. The Labute approximate surface area is 102 Å². The van der Waals surface area contributed by atoms with Crippen LogP contribution in [0.2, 0.25) is 0 Å². The summed E-state index contributed by atoms with van der Waals surface area (Å²) < 4.78 is 14.5. The van der Waals surface area contributed by atoms with Gasteiger partial charge in [0.15, 0.2) is 0 Å². The Hall–Kier alpha value is -0.890. The van der Waals surface area contributed by atoms with Crippen molar-refractivity contribution in [2.75, 3.05) is 13.1 Å². The number of nitrogens with one attached hydrogen (secondary N) is 1. The third-order valence-corrected chi connectivity index (χ3v) is 4.30. The molecule has 17 heavy (non-hydrogen) atoms. The van der Waals surface area contributed by atoms with E-state index < -0.39 is 5.67 Å². The number of hydrogen-bond donors (Lipinski definition) is 1. The Kier molecular flexibility index (Phi) is 2.91. The molecule has 0 radical (unpaired) electrons. The molecule has 2 heteroatoms. The minimum absolute atomic E-state index is 0.435. The molecule has 1 nitrogen and oxygen atoms in total. The van der Waals surface area contributed by atoms with Gasteiger partial charge in [0.1, 0.15) is 5.67 Å². The first kappa shape index (κ1) is 11.2. The van der Waals surface area contributed by atoms with E-state index in [9.17, 15) is 4.39 Å². The first-order valence-corrected chi connectivity index (χ1v) is 6.74. The highest BCUT2D eigenvalue weighted by molar-refractivity contribution is 5.33. The predicted molar refractivity (Wildman–Crippen MR) is 68.1 cm³/mol. The van der Waals surface area contributed by atoms with Gasteiger partial charge < -0.3 is 5.32 Å². The van der Waals surface area contributed by atoms with Gasteiger partial charge in [-0.15, -0.1) is 0 Å². The molecule has 0 saturated carbocycles. The van der Waals surface area contributed by atoms with Crippen molar-refractivity contribution in [1.29, 1.82) is 0 Å². The molecule has 1 aromatic carbocycles. The number of rotatable bonds is 2. The fraction of sp³-hybridized carbons (Fsp3) is 0.600. The molecule has 92 valence electrons. The smallest absolute Gasteiger partial charge is 0.125 e. The lowest BCUT2D eigenvalue weighted by atomic mass is 9.77. The van der Waals surface area contributed by atoms with Crippen LogP contribution in [0.15, 0.2) is 24.3 Å². The van der Waals surface area contributed by atoms with Gasteiger partial charge in [-0.1, -0.05) is 24.3 Å². The normalized spacial score (nSPS) is 32.4. The third-order valence-electron chi connectivity index (χ3n) is 4.30. The Morgan fingerprint density at radius 3 is 3.06 bits per heavy atom. The van der Waals surface area contributed by atoms with Gasteiger partial charge in [-0.2, -0.15) is 0 Å². The quantitative estimate of drug-likeness (QED) is 0.827. The minimum atomic E-state index is -0.963. The van der Waals surface area contributed by atoms with Crippen LogP contribution in [-0.2, 0) is 6.42 Å². The molecule has 2 unspecified atom stereocenters. The zero-order valence-electron chi connectivity index (χ0n) is 10.2. The second-order valence-corrected chi connectivity index (χ2v) is 5.57. The molecule has 3 rings (SSSR count). The molecule has 0 amide bonds. The van der Waals surface area contributed by atoms with Crippen molar-refractivity contribution in [2.24, 2.45) is 0 Å². The summed E-state index contributed by atoms with van der Waals surface area (Å²) in [7, 11) is 0. The number of aryl methyl sites for hydroxylation is 1. The SMILES string of the molecule is FC1(CC2CCCc3ccccc32)CCNC1. The second kappa shape index (κ2) is 4.41. The molecule has 2 aliphatic rings. The second-order valence-electron chi connectivity index (χ2n) is 5.57. The Morgan fingerprint density at radius 1 is 1.35 bits per heavy atom. The van der Waals surface area contributed by atoms with Crippen LogP contribution < -0.4 is 5.32 Å². The zero-order valence-corrected chi connectivity index (χ0v) is 10.2. The van der Waals surface area contributed by atoms with Crippen LogP contribution in [-0.4, -0.2) is 18.8 Å². The molecule has 0 bridgehead atoms. The van der Waals surface area contributed by atoms with Crippen molar-refractivity contribution < 1.29 is 4.39 Å². The van der Waals surface area contributed by atoms with Crippen LogP contribution in [0.4, 0.5) is 4.39 Å². The van der Waals surface area contributed by atoms with E-state index in [0.29, 0.717) is 25.3 Å². The van der Waals surface area contributed by atoms with Gasteiger partial charge in [0, 0.05) is 6.54 Å². The number of hydrogen-bond acceptors (Lipinski definition) is 1. The molecule has 1 heterocycles. The van der Waals surface area contributed by atoms with E-state index in [1.165, 1.54) is 24.0 Å². The number of halogens is 1. The van der Waals surface area contributed by atoms with Crippen LogP contribution in [0.25, 0.3) is 0 Å². The third kappa shape index (κ3) is 2.23. The molecule has 1 N–H and O–H groups in total. The minimum Gasteiger partial charge on any atom is -0.313 e. The van der Waals surface area contributed by atoms with Crippen molar-refractivity contribution >= 4 is 0 Å². The van der Waals surface area contributed by atoms with E-state index in [1.54, 1.807) is 0 Å². The molecule has 1 fully saturated rings. The maximum atomic E-state index is 14.5. The molecule has 0 spiro atoms. The van der Waals surface area contributed by atoms with Crippen molar-refractivity contribution in [3.63, 3.8) is 0 Å². The standard InChI is InChI=1S/C15H20FN/c16-15(8-9-17-11-15)10-13-6-3-5-12-4-1-2-7-14(12)13/h1-2,4,7,13,17H,3,5-6,8-11H2. The topological polar surface area (TPSA) is 12.0 Å². The van der Waals surface area contributed by atoms with E-state index in [0.717, 1.165) is 13.0 Å². The summed E-state index contributed by atoms with van der Waals surface area (Å²) >= 11 is 0. The van der Waals surface area contributed by atoms with Crippen molar-refractivity contribution in [3.8, 4) is 0 Å². The van der Waals surface area contributed by atoms with E-state index in [4.69, 9.17) is 0 Å². The number of fused-ring (bicyclic) bond motifs is 1. The summed E-state index contributed by atoms with van der Waals surface area (Å²) in [4.78, 5) is 0. The van der Waals surface area contributed by atoms with Gasteiger partial charge in [0.25, 0.3) is 0 Å². The van der Waals surface area contributed by atoms with Gasteiger partial charge in [-0.3, -0.25) is 0 Å². The van der Waals surface area contributed by atoms with Crippen LogP contribution in [0, 0.1) is 0 Å². The molecule has 2 atom stereocenters. The zero-order chi connectivity index (χ0) is 11.7. The highest BCUT2D eigenvalue weighted by Crippen LogP contribution is 2.39. The molecule has 1 aromatic rings. The summed E-state index contributed by atoms with van der Waals surface area (Å²) in [6.07, 6.45) is 4.93. The summed E-state index contributed by atoms with van der Waals surface area (Å²) in [5, 5.41) is 3.15. The molecule has 1 aliphatic carbocycles. The maximum Gasteiger partial charge on any atom is 0.125 e. The highest BCUT2D eigenvalue weighted by atomic mass is 19.1. The number of alkyl halides is 1. The number of benzene rings is 1. The fourth-order valence-corrected chi connectivity index (χ4v) is 3.40. The lowest BCUT2D eigenvalue weighted by molar-refractivity contribution is 0.158. The van der Waals surface area contributed by atoms with Crippen molar-refractivity contribution in [2.45, 2.75) is 43.7 Å². The first-order valence-electron chi connectivity index (χ1n) is 6.74. The monoisotopic (exact) mass is 233 g/mol. The summed E-state index contributed by atoms with van der Waals surface area (Å²) in [5.74, 6) is 0.435. The average molecular weight is 233 g/mol. The molecule has 1 saturated heterocycles. The highest BCUT2D eigenvalue weighted by Gasteiger charge is 2.37. The largest absolute Gasteiger partial charge is 0.313 e. The van der Waals surface area contributed by atoms with E-state index >= 15 is 0 Å². The van der Waals surface area contributed by atoms with Crippen LogP contribution in [0.3, 0.4) is 0 Å².